The zero-order chi connectivity index (χ0) is 13.8. The fourth-order valence-corrected chi connectivity index (χ4v) is 2.36. The van der Waals surface area contributed by atoms with E-state index in [4.69, 9.17) is 15.2 Å². The molecule has 1 atom stereocenters. The van der Waals surface area contributed by atoms with Gasteiger partial charge in [-0.15, -0.1) is 0 Å². The lowest BCUT2D eigenvalue weighted by Crippen LogP contribution is -2.33. The Morgan fingerprint density at radius 2 is 2.16 bits per heavy atom. The van der Waals surface area contributed by atoms with Gasteiger partial charge in [0.15, 0.2) is 0 Å². The molecule has 1 aromatic rings. The van der Waals surface area contributed by atoms with Crippen LogP contribution in [0.1, 0.15) is 24.4 Å². The molecule has 5 heteroatoms. The molecule has 0 radical (unpaired) electrons. The molecule has 1 unspecified atom stereocenters. The lowest BCUT2D eigenvalue weighted by Gasteiger charge is -2.22. The molecule has 104 valence electrons. The largest absolute Gasteiger partial charge is 0.497 e. The first kappa shape index (κ1) is 13.7. The van der Waals surface area contributed by atoms with Crippen LogP contribution in [0.5, 0.6) is 11.5 Å². The zero-order valence-corrected chi connectivity index (χ0v) is 11.4. The molecule has 1 fully saturated rings. The summed E-state index contributed by atoms with van der Waals surface area (Å²) in [5, 5.41) is 0. The van der Waals surface area contributed by atoms with Crippen LogP contribution in [0, 0.1) is 0 Å². The molecule has 1 amide bonds. The van der Waals surface area contributed by atoms with Gasteiger partial charge in [0.1, 0.15) is 11.5 Å². The van der Waals surface area contributed by atoms with Crippen molar-refractivity contribution in [2.75, 3.05) is 27.3 Å². The van der Waals surface area contributed by atoms with E-state index in [9.17, 15) is 4.79 Å². The highest BCUT2D eigenvalue weighted by Gasteiger charge is 2.24. The molecule has 1 saturated heterocycles. The van der Waals surface area contributed by atoms with Crippen LogP contribution in [0.3, 0.4) is 0 Å². The summed E-state index contributed by atoms with van der Waals surface area (Å²) in [5.74, 6) is 1.64. The van der Waals surface area contributed by atoms with Gasteiger partial charge >= 0.3 is 0 Å². The van der Waals surface area contributed by atoms with Crippen molar-refractivity contribution < 1.29 is 14.3 Å². The maximum atomic E-state index is 11.6. The zero-order valence-electron chi connectivity index (χ0n) is 11.4. The van der Waals surface area contributed by atoms with E-state index in [-0.39, 0.29) is 11.9 Å². The van der Waals surface area contributed by atoms with Crippen molar-refractivity contribution in [3.63, 3.8) is 0 Å². The van der Waals surface area contributed by atoms with Crippen LogP contribution in [0.2, 0.25) is 0 Å². The Labute approximate surface area is 113 Å². The van der Waals surface area contributed by atoms with Crippen LogP contribution in [0.25, 0.3) is 0 Å². The molecule has 0 spiro atoms. The Balaban J connectivity index is 2.16. The second-order valence-corrected chi connectivity index (χ2v) is 4.66. The second-order valence-electron chi connectivity index (χ2n) is 4.66. The van der Waals surface area contributed by atoms with Gasteiger partial charge in [-0.3, -0.25) is 4.79 Å². The molecule has 2 rings (SSSR count). The number of carbonyl (C=O) groups excluding carboxylic acids is 1. The number of ether oxygens (including phenoxy) is 2. The maximum absolute atomic E-state index is 11.6. The topological polar surface area (TPSA) is 64.8 Å². The minimum absolute atomic E-state index is 0.178. The standard InChI is InChI=1S/C14H20N2O3/c1-18-10-5-6-13(19-2)11(8-10)12(15)9-16-7-3-4-14(16)17/h5-6,8,12H,3-4,7,9,15H2,1-2H3. The summed E-state index contributed by atoms with van der Waals surface area (Å²) in [7, 11) is 3.22. The lowest BCUT2D eigenvalue weighted by molar-refractivity contribution is -0.127. The van der Waals surface area contributed by atoms with Crippen LogP contribution in [0.4, 0.5) is 0 Å². The van der Waals surface area contributed by atoms with Gasteiger partial charge in [-0.25, -0.2) is 0 Å². The maximum Gasteiger partial charge on any atom is 0.222 e. The van der Waals surface area contributed by atoms with Gasteiger partial charge in [0.05, 0.1) is 20.3 Å². The first-order chi connectivity index (χ1) is 9.15. The number of carbonyl (C=O) groups is 1. The fraction of sp³-hybridized carbons (Fsp3) is 0.500. The highest BCUT2D eigenvalue weighted by atomic mass is 16.5. The van der Waals surface area contributed by atoms with Crippen molar-refractivity contribution in [2.24, 2.45) is 5.73 Å². The Morgan fingerprint density at radius 1 is 1.37 bits per heavy atom. The van der Waals surface area contributed by atoms with Gasteiger partial charge in [-0.05, 0) is 24.6 Å². The van der Waals surface area contributed by atoms with Crippen molar-refractivity contribution in [3.05, 3.63) is 23.8 Å². The van der Waals surface area contributed by atoms with Crippen molar-refractivity contribution in [2.45, 2.75) is 18.9 Å². The van der Waals surface area contributed by atoms with Crippen molar-refractivity contribution in [1.29, 1.82) is 0 Å². The summed E-state index contributed by atoms with van der Waals surface area (Å²) < 4.78 is 10.5. The van der Waals surface area contributed by atoms with E-state index in [1.54, 1.807) is 14.2 Å². The monoisotopic (exact) mass is 264 g/mol. The average Bonchev–Trinajstić information content (AvgIpc) is 2.83. The third kappa shape index (κ3) is 2.98. The number of nitrogens with zero attached hydrogens (tertiary/aromatic N) is 1. The minimum Gasteiger partial charge on any atom is -0.497 e. The number of methoxy groups -OCH3 is 2. The Hall–Kier alpha value is -1.75. The molecule has 1 aliphatic heterocycles. The van der Waals surface area contributed by atoms with Crippen LogP contribution in [0.15, 0.2) is 18.2 Å². The fourth-order valence-electron chi connectivity index (χ4n) is 2.36. The highest BCUT2D eigenvalue weighted by Crippen LogP contribution is 2.29. The highest BCUT2D eigenvalue weighted by molar-refractivity contribution is 5.78. The van der Waals surface area contributed by atoms with Crippen molar-refractivity contribution in [1.82, 2.24) is 4.90 Å². The number of benzene rings is 1. The average molecular weight is 264 g/mol. The first-order valence-electron chi connectivity index (χ1n) is 6.41. The predicted molar refractivity (Wildman–Crippen MR) is 72.3 cm³/mol. The molecule has 1 aliphatic rings. The summed E-state index contributed by atoms with van der Waals surface area (Å²) in [4.78, 5) is 13.4. The second kappa shape index (κ2) is 5.93. The van der Waals surface area contributed by atoms with Gasteiger partial charge < -0.3 is 20.1 Å². The van der Waals surface area contributed by atoms with E-state index < -0.39 is 0 Å². The summed E-state index contributed by atoms with van der Waals surface area (Å²) in [6.07, 6.45) is 1.54. The van der Waals surface area contributed by atoms with Crippen LogP contribution in [-0.4, -0.2) is 38.1 Å². The van der Waals surface area contributed by atoms with E-state index in [2.05, 4.69) is 0 Å². The molecule has 1 heterocycles. The summed E-state index contributed by atoms with van der Waals surface area (Å²) >= 11 is 0. The van der Waals surface area contributed by atoms with E-state index >= 15 is 0 Å². The number of hydrogen-bond acceptors (Lipinski definition) is 4. The van der Waals surface area contributed by atoms with Crippen LogP contribution >= 0.6 is 0 Å². The summed E-state index contributed by atoms with van der Waals surface area (Å²) in [6.45, 7) is 1.31. The van der Waals surface area contributed by atoms with Crippen LogP contribution < -0.4 is 15.2 Å². The Morgan fingerprint density at radius 3 is 2.74 bits per heavy atom. The summed E-state index contributed by atoms with van der Waals surface area (Å²) in [5.41, 5.74) is 7.07. The van der Waals surface area contributed by atoms with Crippen molar-refractivity contribution in [3.8, 4) is 11.5 Å². The number of likely N-dealkylation sites (tertiary alicyclic amines) is 1. The van der Waals surface area contributed by atoms with Gasteiger partial charge in [-0.2, -0.15) is 0 Å². The molecule has 1 aromatic carbocycles. The van der Waals surface area contributed by atoms with Crippen LogP contribution in [-0.2, 0) is 4.79 Å². The lowest BCUT2D eigenvalue weighted by atomic mass is 10.1. The van der Waals surface area contributed by atoms with Crippen molar-refractivity contribution >= 4 is 5.91 Å². The molecule has 2 N–H and O–H groups in total. The Kier molecular flexibility index (Phi) is 4.27. The molecule has 0 aliphatic carbocycles. The van der Waals surface area contributed by atoms with Gasteiger partial charge in [0, 0.05) is 25.1 Å². The van der Waals surface area contributed by atoms with E-state index in [1.165, 1.54) is 0 Å². The molecule has 0 bridgehead atoms. The number of amides is 1. The quantitative estimate of drug-likeness (QED) is 0.871. The molecular weight excluding hydrogens is 244 g/mol. The molecule has 19 heavy (non-hydrogen) atoms. The van der Waals surface area contributed by atoms with Gasteiger partial charge in [0.25, 0.3) is 0 Å². The smallest absolute Gasteiger partial charge is 0.222 e. The van der Waals surface area contributed by atoms with E-state index in [0.29, 0.717) is 13.0 Å². The minimum atomic E-state index is -0.271. The molecule has 0 aromatic heterocycles. The molecular formula is C14H20N2O3. The van der Waals surface area contributed by atoms with E-state index in [1.807, 2.05) is 23.1 Å². The number of rotatable bonds is 5. The third-order valence-corrected chi connectivity index (χ3v) is 3.42. The van der Waals surface area contributed by atoms with Gasteiger partial charge in [-0.1, -0.05) is 0 Å². The van der Waals surface area contributed by atoms with E-state index in [0.717, 1.165) is 30.0 Å². The Bertz CT molecular complexity index is 462. The number of hydrogen-bond donors (Lipinski definition) is 1. The third-order valence-electron chi connectivity index (χ3n) is 3.42. The normalized spacial score (nSPS) is 16.6. The van der Waals surface area contributed by atoms with Gasteiger partial charge in [0.2, 0.25) is 5.91 Å². The molecule has 0 saturated carbocycles. The molecule has 5 nitrogen and oxygen atoms in total. The first-order valence-corrected chi connectivity index (χ1v) is 6.41. The predicted octanol–water partition coefficient (Wildman–Crippen LogP) is 1.33. The summed E-state index contributed by atoms with van der Waals surface area (Å²) in [6, 6.07) is 5.26. The SMILES string of the molecule is COc1ccc(OC)c(C(N)CN2CCCC2=O)c1. The number of nitrogens with two attached hydrogens (primary N) is 1.